The van der Waals surface area contributed by atoms with Crippen molar-refractivity contribution in [2.75, 3.05) is 19.0 Å². The third kappa shape index (κ3) is 5.48. The number of rotatable bonds is 7. The molecule has 2 rings (SSSR count). The van der Waals surface area contributed by atoms with E-state index in [-0.39, 0.29) is 18.4 Å². The van der Waals surface area contributed by atoms with Gasteiger partial charge in [0.1, 0.15) is 5.75 Å². The number of hydrogen-bond acceptors (Lipinski definition) is 4. The SMILES string of the molecule is COc1ccccc1/C=C/C(=O)OCC(=O)Nc1ccccc1C(C)C. The van der Waals surface area contributed by atoms with Crippen LogP contribution < -0.4 is 10.1 Å². The Morgan fingerprint density at radius 1 is 1.08 bits per heavy atom. The van der Waals surface area contributed by atoms with Gasteiger partial charge in [0.05, 0.1) is 7.11 Å². The van der Waals surface area contributed by atoms with Crippen LogP contribution in [0.4, 0.5) is 5.69 Å². The van der Waals surface area contributed by atoms with E-state index in [2.05, 4.69) is 5.32 Å². The Hall–Kier alpha value is -3.08. The van der Waals surface area contributed by atoms with Crippen LogP contribution in [0.25, 0.3) is 6.08 Å². The zero-order valence-electron chi connectivity index (χ0n) is 15.2. The molecule has 2 aromatic carbocycles. The van der Waals surface area contributed by atoms with Gasteiger partial charge in [0.25, 0.3) is 5.91 Å². The molecular weight excluding hydrogens is 330 g/mol. The van der Waals surface area contributed by atoms with E-state index in [0.717, 1.165) is 16.8 Å². The smallest absolute Gasteiger partial charge is 0.331 e. The molecule has 0 aliphatic rings. The Labute approximate surface area is 153 Å². The van der Waals surface area contributed by atoms with Crippen molar-refractivity contribution in [1.29, 1.82) is 0 Å². The largest absolute Gasteiger partial charge is 0.496 e. The van der Waals surface area contributed by atoms with Gasteiger partial charge < -0.3 is 14.8 Å². The fourth-order valence-corrected chi connectivity index (χ4v) is 2.45. The van der Waals surface area contributed by atoms with Crippen molar-refractivity contribution in [3.8, 4) is 5.75 Å². The summed E-state index contributed by atoms with van der Waals surface area (Å²) in [5.41, 5.74) is 2.51. The van der Waals surface area contributed by atoms with Crippen molar-refractivity contribution in [1.82, 2.24) is 0 Å². The van der Waals surface area contributed by atoms with Crippen molar-refractivity contribution in [2.45, 2.75) is 19.8 Å². The van der Waals surface area contributed by atoms with Gasteiger partial charge in [-0.05, 0) is 29.7 Å². The van der Waals surface area contributed by atoms with Crippen molar-refractivity contribution in [3.63, 3.8) is 0 Å². The average molecular weight is 353 g/mol. The fraction of sp³-hybridized carbons (Fsp3) is 0.238. The quantitative estimate of drug-likeness (QED) is 0.603. The highest BCUT2D eigenvalue weighted by Gasteiger charge is 2.10. The highest BCUT2D eigenvalue weighted by molar-refractivity contribution is 5.95. The van der Waals surface area contributed by atoms with Crippen LogP contribution in [0.2, 0.25) is 0 Å². The molecule has 136 valence electrons. The molecule has 1 N–H and O–H groups in total. The van der Waals surface area contributed by atoms with Crippen LogP contribution in [0.15, 0.2) is 54.6 Å². The lowest BCUT2D eigenvalue weighted by Gasteiger charge is -2.13. The Morgan fingerprint density at radius 3 is 2.50 bits per heavy atom. The van der Waals surface area contributed by atoms with Crippen molar-refractivity contribution in [3.05, 3.63) is 65.7 Å². The van der Waals surface area contributed by atoms with Gasteiger partial charge in [-0.1, -0.05) is 50.2 Å². The minimum absolute atomic E-state index is 0.276. The number of ether oxygens (including phenoxy) is 2. The van der Waals surface area contributed by atoms with Crippen LogP contribution in [-0.2, 0) is 14.3 Å². The number of hydrogen-bond donors (Lipinski definition) is 1. The molecule has 26 heavy (non-hydrogen) atoms. The van der Waals surface area contributed by atoms with Crippen LogP contribution in [0.3, 0.4) is 0 Å². The van der Waals surface area contributed by atoms with Crippen LogP contribution in [0.5, 0.6) is 5.75 Å². The number of esters is 1. The topological polar surface area (TPSA) is 64.6 Å². The minimum atomic E-state index is -0.594. The average Bonchev–Trinajstić information content (AvgIpc) is 2.65. The normalized spacial score (nSPS) is 10.8. The van der Waals surface area contributed by atoms with Crippen LogP contribution >= 0.6 is 0 Å². The van der Waals surface area contributed by atoms with Gasteiger partial charge in [-0.25, -0.2) is 4.79 Å². The first-order chi connectivity index (χ1) is 12.5. The maximum Gasteiger partial charge on any atom is 0.331 e. The van der Waals surface area contributed by atoms with Crippen molar-refractivity contribution < 1.29 is 19.1 Å². The Kier molecular flexibility index (Phi) is 6.97. The first-order valence-electron chi connectivity index (χ1n) is 8.38. The van der Waals surface area contributed by atoms with Gasteiger partial charge in [-0.15, -0.1) is 0 Å². The molecule has 0 bridgehead atoms. The summed E-state index contributed by atoms with van der Waals surface area (Å²) in [5, 5.41) is 2.78. The Bertz CT molecular complexity index is 796. The van der Waals surface area contributed by atoms with Crippen LogP contribution in [0.1, 0.15) is 30.9 Å². The first kappa shape index (κ1) is 19.2. The highest BCUT2D eigenvalue weighted by Crippen LogP contribution is 2.23. The van der Waals surface area contributed by atoms with Gasteiger partial charge in [0, 0.05) is 17.3 Å². The summed E-state index contributed by atoms with van der Waals surface area (Å²) in [6.45, 7) is 3.75. The van der Waals surface area contributed by atoms with E-state index in [1.54, 1.807) is 19.3 Å². The van der Waals surface area contributed by atoms with Gasteiger partial charge in [0.2, 0.25) is 0 Å². The van der Waals surface area contributed by atoms with Crippen molar-refractivity contribution in [2.24, 2.45) is 0 Å². The van der Waals surface area contributed by atoms with Gasteiger partial charge in [-0.3, -0.25) is 4.79 Å². The predicted molar refractivity (Wildman–Crippen MR) is 102 cm³/mol. The van der Waals surface area contributed by atoms with Crippen LogP contribution in [0, 0.1) is 0 Å². The van der Waals surface area contributed by atoms with E-state index in [1.165, 1.54) is 6.08 Å². The van der Waals surface area contributed by atoms with E-state index in [4.69, 9.17) is 9.47 Å². The second-order valence-corrected chi connectivity index (χ2v) is 5.97. The summed E-state index contributed by atoms with van der Waals surface area (Å²) < 4.78 is 10.2. The van der Waals surface area contributed by atoms with Gasteiger partial charge >= 0.3 is 5.97 Å². The highest BCUT2D eigenvalue weighted by atomic mass is 16.5. The fourth-order valence-electron chi connectivity index (χ4n) is 2.45. The van der Waals surface area contributed by atoms with Crippen LogP contribution in [-0.4, -0.2) is 25.6 Å². The molecule has 5 nitrogen and oxygen atoms in total. The summed E-state index contributed by atoms with van der Waals surface area (Å²) in [6.07, 6.45) is 2.86. The zero-order chi connectivity index (χ0) is 18.9. The number of methoxy groups -OCH3 is 1. The summed E-state index contributed by atoms with van der Waals surface area (Å²) in [7, 11) is 1.56. The molecule has 0 atom stereocenters. The number of amides is 1. The standard InChI is InChI=1S/C21H23NO4/c1-15(2)17-9-5-6-10-18(17)22-20(23)14-26-21(24)13-12-16-8-4-7-11-19(16)25-3/h4-13,15H,14H2,1-3H3,(H,22,23)/b13-12+. The second kappa shape index (κ2) is 9.42. The predicted octanol–water partition coefficient (Wildman–Crippen LogP) is 4.01. The Balaban J connectivity index is 1.89. The summed E-state index contributed by atoms with van der Waals surface area (Å²) in [6, 6.07) is 14.9. The third-order valence-electron chi connectivity index (χ3n) is 3.74. The Morgan fingerprint density at radius 2 is 1.77 bits per heavy atom. The third-order valence-corrected chi connectivity index (χ3v) is 3.74. The van der Waals surface area contributed by atoms with Crippen molar-refractivity contribution >= 4 is 23.6 Å². The molecule has 0 fully saturated rings. The number of anilines is 1. The molecule has 0 saturated heterocycles. The lowest BCUT2D eigenvalue weighted by molar-refractivity contribution is -0.142. The molecule has 0 radical (unpaired) electrons. The van der Waals surface area contributed by atoms with E-state index in [1.807, 2.05) is 56.3 Å². The van der Waals surface area contributed by atoms with E-state index in [0.29, 0.717) is 5.75 Å². The molecule has 1 amide bonds. The lowest BCUT2D eigenvalue weighted by Crippen LogP contribution is -2.21. The molecule has 0 heterocycles. The number of carbonyl (C=O) groups excluding carboxylic acids is 2. The number of benzene rings is 2. The van der Waals surface area contributed by atoms with E-state index in [9.17, 15) is 9.59 Å². The molecule has 0 aromatic heterocycles. The molecule has 0 spiro atoms. The second-order valence-electron chi connectivity index (χ2n) is 5.97. The maximum atomic E-state index is 12.0. The molecule has 0 unspecified atom stereocenters. The first-order valence-corrected chi connectivity index (χ1v) is 8.38. The van der Waals surface area contributed by atoms with E-state index < -0.39 is 5.97 Å². The maximum absolute atomic E-state index is 12.0. The molecule has 0 aliphatic carbocycles. The number of carbonyl (C=O) groups is 2. The van der Waals surface area contributed by atoms with E-state index >= 15 is 0 Å². The molecule has 5 heteroatoms. The molecule has 0 aliphatic heterocycles. The summed E-state index contributed by atoms with van der Waals surface area (Å²) >= 11 is 0. The monoisotopic (exact) mass is 353 g/mol. The number of nitrogens with one attached hydrogen (secondary N) is 1. The number of para-hydroxylation sites is 2. The molecular formula is C21H23NO4. The zero-order valence-corrected chi connectivity index (χ0v) is 15.2. The molecule has 2 aromatic rings. The summed E-state index contributed by atoms with van der Waals surface area (Å²) in [5.74, 6) is -0.0437. The van der Waals surface area contributed by atoms with Gasteiger partial charge in [-0.2, -0.15) is 0 Å². The lowest BCUT2D eigenvalue weighted by atomic mass is 10.0. The minimum Gasteiger partial charge on any atom is -0.496 e. The summed E-state index contributed by atoms with van der Waals surface area (Å²) in [4.78, 5) is 23.9. The molecule has 0 saturated carbocycles. The van der Waals surface area contributed by atoms with Gasteiger partial charge in [0.15, 0.2) is 6.61 Å².